The molecule has 0 aromatic carbocycles. The van der Waals surface area contributed by atoms with Gasteiger partial charge >= 0.3 is 0 Å². The number of hydrogen-bond donors (Lipinski definition) is 2. The summed E-state index contributed by atoms with van der Waals surface area (Å²) in [5.74, 6) is 0.923. The molecule has 3 N–H and O–H groups in total. The van der Waals surface area contributed by atoms with Crippen molar-refractivity contribution in [3.05, 3.63) is 23.4 Å². The fraction of sp³-hybridized carbons (Fsp3) is 0.615. The number of rotatable bonds is 5. The highest BCUT2D eigenvalue weighted by Crippen LogP contribution is 2.19. The summed E-state index contributed by atoms with van der Waals surface area (Å²) in [6, 6.07) is 2.05. The zero-order valence-electron chi connectivity index (χ0n) is 11.2. The highest BCUT2D eigenvalue weighted by Gasteiger charge is 2.19. The van der Waals surface area contributed by atoms with E-state index < -0.39 is 5.60 Å². The van der Waals surface area contributed by atoms with Crippen molar-refractivity contribution in [3.8, 4) is 0 Å². The van der Waals surface area contributed by atoms with E-state index in [1.807, 2.05) is 6.92 Å². The number of pyridine rings is 1. The van der Waals surface area contributed by atoms with Gasteiger partial charge < -0.3 is 15.7 Å². The summed E-state index contributed by atoms with van der Waals surface area (Å²) >= 11 is 0. The van der Waals surface area contributed by atoms with Crippen molar-refractivity contribution in [2.24, 2.45) is 5.73 Å². The first-order chi connectivity index (χ1) is 7.87. The summed E-state index contributed by atoms with van der Waals surface area (Å²) in [4.78, 5) is 6.52. The SMILES string of the molecule is CCN(CC(C)(C)O)c1ncc(CN)cc1C. The number of likely N-dealkylation sites (N-methyl/N-ethyl adjacent to an activating group) is 1. The Kier molecular flexibility index (Phi) is 4.48. The molecule has 1 aromatic heterocycles. The molecule has 0 radical (unpaired) electrons. The predicted octanol–water partition coefficient (Wildman–Crippen LogP) is 1.45. The van der Waals surface area contributed by atoms with Crippen LogP contribution in [0.15, 0.2) is 12.3 Å². The molecule has 0 aliphatic carbocycles. The number of nitrogens with zero attached hydrogens (tertiary/aromatic N) is 2. The molecule has 0 amide bonds. The summed E-state index contributed by atoms with van der Waals surface area (Å²) < 4.78 is 0. The Hall–Kier alpha value is -1.13. The van der Waals surface area contributed by atoms with Gasteiger partial charge in [0.2, 0.25) is 0 Å². The molecule has 17 heavy (non-hydrogen) atoms. The number of anilines is 1. The fourth-order valence-electron chi connectivity index (χ4n) is 1.87. The number of aromatic nitrogens is 1. The van der Waals surface area contributed by atoms with Crippen LogP contribution >= 0.6 is 0 Å². The number of aliphatic hydroxyl groups is 1. The molecule has 0 aliphatic heterocycles. The maximum Gasteiger partial charge on any atom is 0.131 e. The minimum Gasteiger partial charge on any atom is -0.389 e. The third-order valence-corrected chi connectivity index (χ3v) is 2.60. The van der Waals surface area contributed by atoms with E-state index in [2.05, 4.69) is 22.9 Å². The minimum atomic E-state index is -0.726. The molecule has 0 atom stereocenters. The highest BCUT2D eigenvalue weighted by atomic mass is 16.3. The van der Waals surface area contributed by atoms with Crippen LogP contribution in [-0.4, -0.2) is 28.8 Å². The molecule has 4 nitrogen and oxygen atoms in total. The van der Waals surface area contributed by atoms with Gasteiger partial charge in [-0.3, -0.25) is 0 Å². The molecule has 4 heteroatoms. The minimum absolute atomic E-state index is 0.506. The third-order valence-electron chi connectivity index (χ3n) is 2.60. The average Bonchev–Trinajstić information content (AvgIpc) is 2.24. The zero-order valence-corrected chi connectivity index (χ0v) is 11.2. The second kappa shape index (κ2) is 5.47. The van der Waals surface area contributed by atoms with Crippen LogP contribution in [0.1, 0.15) is 31.9 Å². The molecule has 96 valence electrons. The number of hydrogen-bond acceptors (Lipinski definition) is 4. The number of aryl methyl sites for hydroxylation is 1. The first-order valence-corrected chi connectivity index (χ1v) is 6.00. The van der Waals surface area contributed by atoms with Crippen molar-refractivity contribution in [3.63, 3.8) is 0 Å². The standard InChI is InChI=1S/C13H23N3O/c1-5-16(9-13(3,4)17)12-10(2)6-11(7-14)8-15-12/h6,8,17H,5,7,9,14H2,1-4H3. The van der Waals surface area contributed by atoms with E-state index in [4.69, 9.17) is 5.73 Å². The fourth-order valence-corrected chi connectivity index (χ4v) is 1.87. The van der Waals surface area contributed by atoms with E-state index >= 15 is 0 Å². The van der Waals surface area contributed by atoms with Gasteiger partial charge in [0.15, 0.2) is 0 Å². The molecule has 0 unspecified atom stereocenters. The lowest BCUT2D eigenvalue weighted by Crippen LogP contribution is -2.39. The van der Waals surface area contributed by atoms with Gasteiger partial charge in [0, 0.05) is 25.8 Å². The lowest BCUT2D eigenvalue weighted by molar-refractivity contribution is 0.0874. The van der Waals surface area contributed by atoms with E-state index in [0.717, 1.165) is 23.5 Å². The van der Waals surface area contributed by atoms with Gasteiger partial charge in [-0.25, -0.2) is 4.98 Å². The molecule has 0 saturated carbocycles. The normalized spacial score (nSPS) is 11.6. The number of nitrogens with two attached hydrogens (primary N) is 1. The Morgan fingerprint density at radius 3 is 2.53 bits per heavy atom. The molecule has 0 bridgehead atoms. The van der Waals surface area contributed by atoms with Crippen molar-refractivity contribution in [2.45, 2.75) is 39.8 Å². The molecular formula is C13H23N3O. The van der Waals surface area contributed by atoms with Crippen molar-refractivity contribution < 1.29 is 5.11 Å². The molecule has 1 heterocycles. The van der Waals surface area contributed by atoms with E-state index in [1.54, 1.807) is 20.0 Å². The van der Waals surface area contributed by atoms with Crippen LogP contribution in [0.25, 0.3) is 0 Å². The quantitative estimate of drug-likeness (QED) is 0.813. The smallest absolute Gasteiger partial charge is 0.131 e. The van der Waals surface area contributed by atoms with E-state index in [0.29, 0.717) is 13.1 Å². The summed E-state index contributed by atoms with van der Waals surface area (Å²) in [5.41, 5.74) is 6.99. The Morgan fingerprint density at radius 1 is 1.47 bits per heavy atom. The molecular weight excluding hydrogens is 214 g/mol. The van der Waals surface area contributed by atoms with Crippen LogP contribution in [0, 0.1) is 6.92 Å². The van der Waals surface area contributed by atoms with Gasteiger partial charge in [-0.1, -0.05) is 0 Å². The summed E-state index contributed by atoms with van der Waals surface area (Å²) in [7, 11) is 0. The third kappa shape index (κ3) is 3.98. The lowest BCUT2D eigenvalue weighted by Gasteiger charge is -2.30. The lowest BCUT2D eigenvalue weighted by atomic mass is 10.1. The van der Waals surface area contributed by atoms with E-state index in [1.165, 1.54) is 0 Å². The predicted molar refractivity (Wildman–Crippen MR) is 71.1 cm³/mol. The van der Waals surface area contributed by atoms with Gasteiger partial charge in [0.1, 0.15) is 5.82 Å². The average molecular weight is 237 g/mol. The first kappa shape index (κ1) is 13.9. The maximum atomic E-state index is 9.88. The van der Waals surface area contributed by atoms with Crippen molar-refractivity contribution in [1.29, 1.82) is 0 Å². The topological polar surface area (TPSA) is 62.4 Å². The van der Waals surface area contributed by atoms with Gasteiger partial charge in [-0.2, -0.15) is 0 Å². The van der Waals surface area contributed by atoms with Crippen molar-refractivity contribution >= 4 is 5.82 Å². The van der Waals surface area contributed by atoms with Crippen molar-refractivity contribution in [2.75, 3.05) is 18.0 Å². The Labute approximate surface area is 103 Å². The summed E-state index contributed by atoms with van der Waals surface area (Å²) in [6.45, 7) is 9.58. The van der Waals surface area contributed by atoms with Gasteiger partial charge in [-0.05, 0) is 44.9 Å². The second-order valence-electron chi connectivity index (χ2n) is 5.01. The van der Waals surface area contributed by atoms with Crippen LogP contribution in [0.4, 0.5) is 5.82 Å². The van der Waals surface area contributed by atoms with Crippen LogP contribution in [0.2, 0.25) is 0 Å². The van der Waals surface area contributed by atoms with E-state index in [9.17, 15) is 5.11 Å². The Bertz CT molecular complexity index is 371. The molecule has 0 spiro atoms. The molecule has 0 aliphatic rings. The van der Waals surface area contributed by atoms with Crippen LogP contribution < -0.4 is 10.6 Å². The van der Waals surface area contributed by atoms with Crippen LogP contribution in [0.5, 0.6) is 0 Å². The zero-order chi connectivity index (χ0) is 13.1. The monoisotopic (exact) mass is 237 g/mol. The largest absolute Gasteiger partial charge is 0.389 e. The molecule has 1 rings (SSSR count). The van der Waals surface area contributed by atoms with Crippen LogP contribution in [0.3, 0.4) is 0 Å². The molecule has 1 aromatic rings. The van der Waals surface area contributed by atoms with Gasteiger partial charge in [0.25, 0.3) is 0 Å². The van der Waals surface area contributed by atoms with Crippen molar-refractivity contribution in [1.82, 2.24) is 4.98 Å². The van der Waals surface area contributed by atoms with Gasteiger partial charge in [0.05, 0.1) is 5.60 Å². The molecule has 0 fully saturated rings. The highest BCUT2D eigenvalue weighted by molar-refractivity contribution is 5.47. The summed E-state index contributed by atoms with van der Waals surface area (Å²) in [5, 5.41) is 9.88. The Morgan fingerprint density at radius 2 is 2.12 bits per heavy atom. The second-order valence-corrected chi connectivity index (χ2v) is 5.01. The van der Waals surface area contributed by atoms with Gasteiger partial charge in [-0.15, -0.1) is 0 Å². The Balaban J connectivity index is 2.96. The maximum absolute atomic E-state index is 9.88. The van der Waals surface area contributed by atoms with E-state index in [-0.39, 0.29) is 0 Å². The van der Waals surface area contributed by atoms with Crippen LogP contribution in [-0.2, 0) is 6.54 Å². The first-order valence-electron chi connectivity index (χ1n) is 6.00. The molecule has 0 saturated heterocycles. The summed E-state index contributed by atoms with van der Waals surface area (Å²) in [6.07, 6.45) is 1.80.